The largest absolute Gasteiger partial charge is 0.375 e. The molecule has 24 heavy (non-hydrogen) atoms. The van der Waals surface area contributed by atoms with Gasteiger partial charge < -0.3 is 15.0 Å². The fourth-order valence-corrected chi connectivity index (χ4v) is 3.03. The Morgan fingerprint density at radius 1 is 1.29 bits per heavy atom. The number of hydrogen-bond donors (Lipinski definition) is 1. The second kappa shape index (κ2) is 8.29. The van der Waals surface area contributed by atoms with Crippen molar-refractivity contribution in [3.05, 3.63) is 35.4 Å². The van der Waals surface area contributed by atoms with Gasteiger partial charge in [0.2, 0.25) is 11.8 Å². The summed E-state index contributed by atoms with van der Waals surface area (Å²) in [6.07, 6.45) is 1.02. The lowest BCUT2D eigenvalue weighted by atomic mass is 9.93. The van der Waals surface area contributed by atoms with Crippen LogP contribution in [0.4, 0.5) is 0 Å². The molecule has 0 aromatic heterocycles. The van der Waals surface area contributed by atoms with Crippen molar-refractivity contribution in [2.24, 2.45) is 5.92 Å². The van der Waals surface area contributed by atoms with Crippen LogP contribution in [-0.2, 0) is 20.7 Å². The van der Waals surface area contributed by atoms with Gasteiger partial charge in [0.15, 0.2) is 0 Å². The third-order valence-corrected chi connectivity index (χ3v) is 4.30. The van der Waals surface area contributed by atoms with Crippen LogP contribution < -0.4 is 5.32 Å². The van der Waals surface area contributed by atoms with Gasteiger partial charge in [-0.3, -0.25) is 9.59 Å². The molecule has 1 aromatic rings. The summed E-state index contributed by atoms with van der Waals surface area (Å²) >= 11 is 0. The highest BCUT2D eigenvalue weighted by molar-refractivity contribution is 5.84. The van der Waals surface area contributed by atoms with Gasteiger partial charge >= 0.3 is 0 Å². The molecule has 2 rings (SSSR count). The van der Waals surface area contributed by atoms with Crippen molar-refractivity contribution in [2.75, 3.05) is 26.8 Å². The van der Waals surface area contributed by atoms with E-state index in [0.29, 0.717) is 19.0 Å². The van der Waals surface area contributed by atoms with Crippen molar-refractivity contribution in [3.63, 3.8) is 0 Å². The third kappa shape index (κ3) is 4.81. The number of benzene rings is 1. The van der Waals surface area contributed by atoms with Gasteiger partial charge in [-0.1, -0.05) is 38.1 Å². The van der Waals surface area contributed by atoms with Crippen LogP contribution in [0.3, 0.4) is 0 Å². The molecule has 5 heteroatoms. The molecule has 0 saturated carbocycles. The quantitative estimate of drug-likeness (QED) is 0.830. The van der Waals surface area contributed by atoms with Crippen molar-refractivity contribution in [1.29, 1.82) is 0 Å². The molecule has 1 N–H and O–H groups in total. The van der Waals surface area contributed by atoms with E-state index in [1.54, 1.807) is 4.90 Å². The Hall–Kier alpha value is -1.88. The Labute approximate surface area is 144 Å². The minimum Gasteiger partial charge on any atom is -0.375 e. The van der Waals surface area contributed by atoms with E-state index in [-0.39, 0.29) is 30.4 Å². The van der Waals surface area contributed by atoms with Gasteiger partial charge in [-0.05, 0) is 30.4 Å². The number of carbonyl (C=O) groups is 2. The lowest BCUT2D eigenvalue weighted by Gasteiger charge is -2.41. The van der Waals surface area contributed by atoms with E-state index in [1.807, 2.05) is 19.1 Å². The van der Waals surface area contributed by atoms with Gasteiger partial charge in [-0.2, -0.15) is 0 Å². The van der Waals surface area contributed by atoms with Gasteiger partial charge in [-0.15, -0.1) is 0 Å². The van der Waals surface area contributed by atoms with Gasteiger partial charge in [0.1, 0.15) is 6.61 Å². The molecular formula is C19H28N2O3. The first-order chi connectivity index (χ1) is 11.4. The average molecular weight is 332 g/mol. The smallest absolute Gasteiger partial charge is 0.246 e. The lowest BCUT2D eigenvalue weighted by molar-refractivity contribution is -0.139. The number of rotatable bonds is 7. The molecule has 0 radical (unpaired) electrons. The van der Waals surface area contributed by atoms with Crippen LogP contribution in [-0.4, -0.2) is 49.6 Å². The van der Waals surface area contributed by atoms with E-state index in [0.717, 1.165) is 12.0 Å². The number of carbonyl (C=O) groups excluding carboxylic acids is 2. The molecule has 132 valence electrons. The maximum Gasteiger partial charge on any atom is 0.246 e. The van der Waals surface area contributed by atoms with Gasteiger partial charge in [0.05, 0.1) is 12.0 Å². The number of likely N-dealkylation sites (tertiary alicyclic amines) is 1. The molecule has 1 aromatic carbocycles. The lowest BCUT2D eigenvalue weighted by Crippen LogP contribution is -2.62. The second-order valence-electron chi connectivity index (χ2n) is 7.01. The van der Waals surface area contributed by atoms with E-state index < -0.39 is 0 Å². The summed E-state index contributed by atoms with van der Waals surface area (Å²) < 4.78 is 4.79. The predicted molar refractivity (Wildman–Crippen MR) is 93.8 cm³/mol. The van der Waals surface area contributed by atoms with E-state index in [2.05, 4.69) is 31.3 Å². The van der Waals surface area contributed by atoms with Gasteiger partial charge in [0.25, 0.3) is 0 Å². The van der Waals surface area contributed by atoms with Crippen LogP contribution in [0.25, 0.3) is 0 Å². The number of ether oxygens (including phenoxy) is 1. The monoisotopic (exact) mass is 332 g/mol. The first kappa shape index (κ1) is 18.5. The zero-order valence-corrected chi connectivity index (χ0v) is 15.0. The van der Waals surface area contributed by atoms with E-state index in [4.69, 9.17) is 4.74 Å². The number of hydrogen-bond acceptors (Lipinski definition) is 3. The molecule has 1 saturated heterocycles. The van der Waals surface area contributed by atoms with Crippen LogP contribution >= 0.6 is 0 Å². The Morgan fingerprint density at radius 3 is 2.62 bits per heavy atom. The van der Waals surface area contributed by atoms with E-state index >= 15 is 0 Å². The normalized spacial score (nSPS) is 16.0. The summed E-state index contributed by atoms with van der Waals surface area (Å²) in [5, 5.41) is 2.85. The SMILES string of the molecule is COCC(=O)NC1CN(C(=O)C(C)c2cccc(CC(C)C)c2)C1. The molecule has 1 aliphatic heterocycles. The second-order valence-corrected chi connectivity index (χ2v) is 7.01. The fourth-order valence-electron chi connectivity index (χ4n) is 3.03. The molecule has 1 aliphatic rings. The van der Waals surface area contributed by atoms with Crippen molar-refractivity contribution >= 4 is 11.8 Å². The third-order valence-electron chi connectivity index (χ3n) is 4.30. The van der Waals surface area contributed by atoms with Crippen LogP contribution in [0.1, 0.15) is 37.8 Å². The average Bonchev–Trinajstić information content (AvgIpc) is 2.49. The predicted octanol–water partition coefficient (Wildman–Crippen LogP) is 1.96. The van der Waals surface area contributed by atoms with Crippen molar-refractivity contribution < 1.29 is 14.3 Å². The van der Waals surface area contributed by atoms with Crippen molar-refractivity contribution in [1.82, 2.24) is 10.2 Å². The molecule has 2 amide bonds. The van der Waals surface area contributed by atoms with Gasteiger partial charge in [-0.25, -0.2) is 0 Å². The molecule has 0 aliphatic carbocycles. The molecule has 0 bridgehead atoms. The maximum atomic E-state index is 12.6. The van der Waals surface area contributed by atoms with Crippen molar-refractivity contribution in [2.45, 2.75) is 39.2 Å². The molecular weight excluding hydrogens is 304 g/mol. The highest BCUT2D eigenvalue weighted by Gasteiger charge is 2.34. The van der Waals surface area contributed by atoms with E-state index in [1.165, 1.54) is 12.7 Å². The van der Waals surface area contributed by atoms with Gasteiger partial charge in [0, 0.05) is 20.2 Å². The first-order valence-electron chi connectivity index (χ1n) is 8.56. The van der Waals surface area contributed by atoms with Crippen LogP contribution in [0, 0.1) is 5.92 Å². The van der Waals surface area contributed by atoms with Crippen LogP contribution in [0.2, 0.25) is 0 Å². The molecule has 1 unspecified atom stereocenters. The molecule has 0 spiro atoms. The number of methoxy groups -OCH3 is 1. The highest BCUT2D eigenvalue weighted by Crippen LogP contribution is 2.23. The summed E-state index contributed by atoms with van der Waals surface area (Å²) in [6, 6.07) is 8.34. The molecule has 1 heterocycles. The van der Waals surface area contributed by atoms with Crippen LogP contribution in [0.15, 0.2) is 24.3 Å². The van der Waals surface area contributed by atoms with E-state index in [9.17, 15) is 9.59 Å². The van der Waals surface area contributed by atoms with Crippen molar-refractivity contribution in [3.8, 4) is 0 Å². The zero-order chi connectivity index (χ0) is 17.7. The minimum atomic E-state index is -0.160. The first-order valence-corrected chi connectivity index (χ1v) is 8.56. The summed E-state index contributed by atoms with van der Waals surface area (Å²) in [5.41, 5.74) is 2.33. The molecule has 5 nitrogen and oxygen atoms in total. The Balaban J connectivity index is 1.88. The molecule has 1 atom stereocenters. The highest BCUT2D eigenvalue weighted by atomic mass is 16.5. The summed E-state index contributed by atoms with van der Waals surface area (Å²) in [7, 11) is 1.49. The topological polar surface area (TPSA) is 58.6 Å². The summed E-state index contributed by atoms with van der Waals surface area (Å²) in [6.45, 7) is 7.55. The number of nitrogens with zero attached hydrogens (tertiary/aromatic N) is 1. The maximum absolute atomic E-state index is 12.6. The Kier molecular flexibility index (Phi) is 6.37. The molecule has 1 fully saturated rings. The minimum absolute atomic E-state index is 0.0380. The fraction of sp³-hybridized carbons (Fsp3) is 0.579. The van der Waals surface area contributed by atoms with Crippen LogP contribution in [0.5, 0.6) is 0 Å². The number of nitrogens with one attached hydrogen (secondary N) is 1. The number of amides is 2. The summed E-state index contributed by atoms with van der Waals surface area (Å²) in [4.78, 5) is 25.9. The Bertz CT molecular complexity index is 580. The standard InChI is InChI=1S/C19H28N2O3/c1-13(2)8-15-6-5-7-16(9-15)14(3)19(23)21-10-17(11-21)20-18(22)12-24-4/h5-7,9,13-14,17H,8,10-12H2,1-4H3,(H,20,22). The zero-order valence-electron chi connectivity index (χ0n) is 15.0. The summed E-state index contributed by atoms with van der Waals surface area (Å²) in [5.74, 6) is 0.420. The Morgan fingerprint density at radius 2 is 2.00 bits per heavy atom.